The zero-order valence-corrected chi connectivity index (χ0v) is 11.1. The number of nitrogens with one attached hydrogen (secondary N) is 1. The van der Waals surface area contributed by atoms with Crippen LogP contribution < -0.4 is 5.32 Å². The van der Waals surface area contributed by atoms with E-state index in [9.17, 15) is 0 Å². The highest BCUT2D eigenvalue weighted by Crippen LogP contribution is 2.25. The highest BCUT2D eigenvalue weighted by molar-refractivity contribution is 8.00. The second-order valence-electron chi connectivity index (χ2n) is 4.24. The van der Waals surface area contributed by atoms with E-state index < -0.39 is 0 Å². The number of rotatable bonds is 7. The highest BCUT2D eigenvalue weighted by atomic mass is 32.2. The van der Waals surface area contributed by atoms with Gasteiger partial charge in [0.15, 0.2) is 0 Å². The van der Waals surface area contributed by atoms with Gasteiger partial charge in [0.05, 0.1) is 6.10 Å². The normalized spacial score (nSPS) is 26.4. The Hall–Kier alpha value is 0.270. The van der Waals surface area contributed by atoms with Gasteiger partial charge in [-0.1, -0.05) is 13.8 Å². The molecule has 0 aromatic rings. The number of hydrogen-bond donors (Lipinski definition) is 1. The summed E-state index contributed by atoms with van der Waals surface area (Å²) in [5, 5.41) is 4.33. The van der Waals surface area contributed by atoms with Gasteiger partial charge in [-0.15, -0.1) is 0 Å². The summed E-state index contributed by atoms with van der Waals surface area (Å²) < 4.78 is 5.54. The van der Waals surface area contributed by atoms with Crippen molar-refractivity contribution in [1.29, 1.82) is 0 Å². The molecule has 1 aliphatic heterocycles. The van der Waals surface area contributed by atoms with Crippen LogP contribution in [0.15, 0.2) is 0 Å². The smallest absolute Gasteiger partial charge is 0.0666 e. The SMILES string of the molecule is CCC(CC)NCCSC1CCOC1C. The van der Waals surface area contributed by atoms with E-state index in [0.29, 0.717) is 12.1 Å². The van der Waals surface area contributed by atoms with Crippen LogP contribution in [0.4, 0.5) is 0 Å². The lowest BCUT2D eigenvalue weighted by atomic mass is 10.2. The molecule has 0 amide bonds. The summed E-state index contributed by atoms with van der Waals surface area (Å²) in [6.45, 7) is 8.79. The summed E-state index contributed by atoms with van der Waals surface area (Å²) >= 11 is 2.07. The molecule has 1 saturated heterocycles. The van der Waals surface area contributed by atoms with Gasteiger partial charge in [0.25, 0.3) is 0 Å². The minimum Gasteiger partial charge on any atom is -0.377 e. The fourth-order valence-electron chi connectivity index (χ4n) is 1.98. The quantitative estimate of drug-likeness (QED) is 0.681. The van der Waals surface area contributed by atoms with Crippen molar-refractivity contribution in [3.8, 4) is 0 Å². The van der Waals surface area contributed by atoms with E-state index in [-0.39, 0.29) is 0 Å². The van der Waals surface area contributed by atoms with E-state index in [1.807, 2.05) is 0 Å². The molecule has 1 fully saturated rings. The summed E-state index contributed by atoms with van der Waals surface area (Å²) in [6, 6.07) is 0.711. The molecule has 0 aromatic carbocycles. The van der Waals surface area contributed by atoms with Crippen molar-refractivity contribution in [2.45, 2.75) is 57.4 Å². The first-order chi connectivity index (χ1) is 7.27. The topological polar surface area (TPSA) is 21.3 Å². The minimum atomic E-state index is 0.461. The maximum atomic E-state index is 5.54. The number of hydrogen-bond acceptors (Lipinski definition) is 3. The molecule has 0 bridgehead atoms. The lowest BCUT2D eigenvalue weighted by molar-refractivity contribution is 0.127. The van der Waals surface area contributed by atoms with Crippen LogP contribution in [0.25, 0.3) is 0 Å². The third-order valence-corrected chi connectivity index (χ3v) is 4.65. The molecule has 2 nitrogen and oxygen atoms in total. The van der Waals surface area contributed by atoms with E-state index in [4.69, 9.17) is 4.74 Å². The van der Waals surface area contributed by atoms with Gasteiger partial charge in [0.1, 0.15) is 0 Å². The van der Waals surface area contributed by atoms with Gasteiger partial charge >= 0.3 is 0 Å². The highest BCUT2D eigenvalue weighted by Gasteiger charge is 2.23. The fraction of sp³-hybridized carbons (Fsp3) is 1.00. The molecule has 2 unspecified atom stereocenters. The average molecular weight is 231 g/mol. The largest absolute Gasteiger partial charge is 0.377 e. The van der Waals surface area contributed by atoms with Gasteiger partial charge in [-0.2, -0.15) is 11.8 Å². The van der Waals surface area contributed by atoms with Crippen LogP contribution in [-0.4, -0.2) is 36.3 Å². The molecule has 0 radical (unpaired) electrons. The first kappa shape index (κ1) is 13.3. The average Bonchev–Trinajstić information content (AvgIpc) is 2.65. The van der Waals surface area contributed by atoms with Gasteiger partial charge in [0.2, 0.25) is 0 Å². The monoisotopic (exact) mass is 231 g/mol. The zero-order chi connectivity index (χ0) is 11.1. The van der Waals surface area contributed by atoms with Crippen molar-refractivity contribution >= 4 is 11.8 Å². The third kappa shape index (κ3) is 4.75. The summed E-state index contributed by atoms with van der Waals surface area (Å²) in [4.78, 5) is 0. The molecular weight excluding hydrogens is 206 g/mol. The van der Waals surface area contributed by atoms with Crippen molar-refractivity contribution in [2.24, 2.45) is 0 Å². The van der Waals surface area contributed by atoms with Gasteiger partial charge in [-0.3, -0.25) is 0 Å². The van der Waals surface area contributed by atoms with Crippen molar-refractivity contribution in [1.82, 2.24) is 5.32 Å². The Morgan fingerprint density at radius 2 is 2.13 bits per heavy atom. The molecule has 0 saturated carbocycles. The van der Waals surface area contributed by atoms with Crippen LogP contribution in [0.2, 0.25) is 0 Å². The molecule has 1 heterocycles. The Labute approximate surface area is 98.5 Å². The van der Waals surface area contributed by atoms with Crippen LogP contribution in [0.5, 0.6) is 0 Å². The van der Waals surface area contributed by atoms with Gasteiger partial charge in [0, 0.05) is 30.2 Å². The fourth-order valence-corrected chi connectivity index (χ4v) is 3.13. The number of thioether (sulfide) groups is 1. The predicted molar refractivity (Wildman–Crippen MR) is 68.6 cm³/mol. The Balaban J connectivity index is 2.01. The first-order valence-corrected chi connectivity index (χ1v) is 7.29. The first-order valence-electron chi connectivity index (χ1n) is 6.24. The van der Waals surface area contributed by atoms with Crippen molar-refractivity contribution in [3.05, 3.63) is 0 Å². The molecule has 1 aliphatic rings. The van der Waals surface area contributed by atoms with Crippen molar-refractivity contribution in [2.75, 3.05) is 18.9 Å². The number of ether oxygens (including phenoxy) is 1. The van der Waals surface area contributed by atoms with Crippen molar-refractivity contribution in [3.63, 3.8) is 0 Å². The summed E-state index contributed by atoms with van der Waals surface area (Å²) in [5.41, 5.74) is 0. The second-order valence-corrected chi connectivity index (χ2v) is 5.59. The molecule has 0 aliphatic carbocycles. The summed E-state index contributed by atoms with van der Waals surface area (Å²) in [6.07, 6.45) is 4.17. The summed E-state index contributed by atoms with van der Waals surface area (Å²) in [5.74, 6) is 1.22. The van der Waals surface area contributed by atoms with Crippen LogP contribution in [-0.2, 0) is 4.74 Å². The van der Waals surface area contributed by atoms with E-state index in [1.165, 1.54) is 25.0 Å². The lowest BCUT2D eigenvalue weighted by Gasteiger charge is -2.16. The van der Waals surface area contributed by atoms with E-state index in [0.717, 1.165) is 18.4 Å². The van der Waals surface area contributed by atoms with E-state index >= 15 is 0 Å². The predicted octanol–water partition coefficient (Wildman–Crippen LogP) is 2.68. The second kappa shape index (κ2) is 7.53. The Morgan fingerprint density at radius 3 is 2.67 bits per heavy atom. The summed E-state index contributed by atoms with van der Waals surface area (Å²) in [7, 11) is 0. The van der Waals surface area contributed by atoms with Crippen LogP contribution >= 0.6 is 11.8 Å². The van der Waals surface area contributed by atoms with Crippen LogP contribution in [0.1, 0.15) is 40.0 Å². The Morgan fingerprint density at radius 1 is 1.40 bits per heavy atom. The minimum absolute atomic E-state index is 0.461. The van der Waals surface area contributed by atoms with Crippen LogP contribution in [0.3, 0.4) is 0 Å². The Bertz CT molecular complexity index is 162. The molecular formula is C12H25NOS. The molecule has 2 atom stereocenters. The zero-order valence-electron chi connectivity index (χ0n) is 10.3. The van der Waals surface area contributed by atoms with E-state index in [2.05, 4.69) is 37.8 Å². The molecule has 0 aromatic heterocycles. The standard InChI is InChI=1S/C12H25NOS/c1-4-11(5-2)13-7-9-15-12-6-8-14-10(12)3/h10-13H,4-9H2,1-3H3. The molecule has 1 N–H and O–H groups in total. The van der Waals surface area contributed by atoms with Crippen molar-refractivity contribution < 1.29 is 4.74 Å². The maximum absolute atomic E-state index is 5.54. The van der Waals surface area contributed by atoms with Crippen LogP contribution in [0, 0.1) is 0 Å². The third-order valence-electron chi connectivity index (χ3n) is 3.16. The van der Waals surface area contributed by atoms with Gasteiger partial charge < -0.3 is 10.1 Å². The molecule has 0 spiro atoms. The Kier molecular flexibility index (Phi) is 6.69. The molecule has 1 rings (SSSR count). The van der Waals surface area contributed by atoms with E-state index in [1.54, 1.807) is 0 Å². The molecule has 3 heteroatoms. The van der Waals surface area contributed by atoms with Gasteiger partial charge in [-0.05, 0) is 26.2 Å². The molecule has 90 valence electrons. The maximum Gasteiger partial charge on any atom is 0.0666 e. The van der Waals surface area contributed by atoms with Gasteiger partial charge in [-0.25, -0.2) is 0 Å². The molecule has 15 heavy (non-hydrogen) atoms. The lowest BCUT2D eigenvalue weighted by Crippen LogP contribution is -2.30.